The number of unbranched alkanes of at least 4 members (excludes halogenated alkanes) is 1. The summed E-state index contributed by atoms with van der Waals surface area (Å²) in [6.07, 6.45) is 4.91. The molecule has 0 aromatic carbocycles. The molecule has 0 aromatic heterocycles. The zero-order valence-corrected chi connectivity index (χ0v) is 17.2. The number of carbonyl (C=O) groups excluding carboxylic acids is 1. The van der Waals surface area contributed by atoms with Gasteiger partial charge in [-0.3, -0.25) is 9.79 Å². The number of guanidine groups is 1. The molecule has 6 heteroatoms. The average molecular weight is 426 g/mol. The van der Waals surface area contributed by atoms with Gasteiger partial charge in [-0.1, -0.05) is 33.1 Å². The molecule has 0 spiro atoms. The summed E-state index contributed by atoms with van der Waals surface area (Å²) in [5, 5.41) is 6.60. The Morgan fingerprint density at radius 3 is 2.32 bits per heavy atom. The molecule has 0 aromatic rings. The highest BCUT2D eigenvalue weighted by Crippen LogP contribution is 2.14. The fourth-order valence-corrected chi connectivity index (χ4v) is 1.88. The number of nitrogens with zero attached hydrogens (tertiary/aromatic N) is 1. The largest absolute Gasteiger partial charge is 0.369 e. The Morgan fingerprint density at radius 1 is 1.23 bits per heavy atom. The van der Waals surface area contributed by atoms with E-state index in [0.717, 1.165) is 19.0 Å². The smallest absolute Gasteiger partial charge is 0.224 e. The summed E-state index contributed by atoms with van der Waals surface area (Å²) in [4.78, 5) is 15.8. The Bertz CT molecular complexity index is 332. The molecule has 0 saturated heterocycles. The lowest BCUT2D eigenvalue weighted by Gasteiger charge is -2.21. The second-order valence-electron chi connectivity index (χ2n) is 6.24. The lowest BCUT2D eigenvalue weighted by Crippen LogP contribution is -2.41. The predicted octanol–water partition coefficient (Wildman–Crippen LogP) is 2.89. The summed E-state index contributed by atoms with van der Waals surface area (Å²) < 4.78 is 0. The molecule has 5 nitrogen and oxygen atoms in total. The van der Waals surface area contributed by atoms with Gasteiger partial charge in [0.1, 0.15) is 0 Å². The van der Waals surface area contributed by atoms with Gasteiger partial charge in [-0.2, -0.15) is 0 Å². The minimum Gasteiger partial charge on any atom is -0.369 e. The molecule has 0 heterocycles. The molecule has 0 aliphatic heterocycles. The van der Waals surface area contributed by atoms with E-state index in [2.05, 4.69) is 29.5 Å². The number of halogens is 1. The van der Waals surface area contributed by atoms with Crippen LogP contribution in [0, 0.1) is 11.3 Å². The first-order valence-corrected chi connectivity index (χ1v) is 8.19. The van der Waals surface area contributed by atoms with Crippen molar-refractivity contribution in [3.8, 4) is 0 Å². The van der Waals surface area contributed by atoms with Gasteiger partial charge in [0.15, 0.2) is 5.96 Å². The first kappa shape index (κ1) is 23.7. The fourth-order valence-electron chi connectivity index (χ4n) is 1.88. The van der Waals surface area contributed by atoms with E-state index < -0.39 is 5.41 Å². The first-order valence-electron chi connectivity index (χ1n) is 8.19. The van der Waals surface area contributed by atoms with Crippen molar-refractivity contribution < 1.29 is 4.79 Å². The Kier molecular flexibility index (Phi) is 14.0. The number of primary amides is 1. The van der Waals surface area contributed by atoms with Gasteiger partial charge in [-0.15, -0.1) is 24.0 Å². The zero-order chi connectivity index (χ0) is 16.3. The van der Waals surface area contributed by atoms with Crippen LogP contribution in [0.15, 0.2) is 4.99 Å². The number of carbonyl (C=O) groups is 1. The lowest BCUT2D eigenvalue weighted by molar-refractivity contribution is -0.125. The van der Waals surface area contributed by atoms with E-state index in [-0.39, 0.29) is 29.9 Å². The molecule has 1 unspecified atom stereocenters. The molecule has 0 bridgehead atoms. The number of amides is 1. The van der Waals surface area contributed by atoms with Gasteiger partial charge in [-0.05, 0) is 33.1 Å². The van der Waals surface area contributed by atoms with Gasteiger partial charge in [0.2, 0.25) is 5.91 Å². The van der Waals surface area contributed by atoms with Crippen molar-refractivity contribution in [1.29, 1.82) is 0 Å². The molecule has 0 radical (unpaired) electrons. The number of hydrogen-bond donors (Lipinski definition) is 3. The van der Waals surface area contributed by atoms with Crippen molar-refractivity contribution in [1.82, 2.24) is 10.6 Å². The summed E-state index contributed by atoms with van der Waals surface area (Å²) in [5.41, 5.74) is 4.76. The number of hydrogen-bond acceptors (Lipinski definition) is 2. The number of nitrogens with two attached hydrogens (primary N) is 1. The van der Waals surface area contributed by atoms with Gasteiger partial charge < -0.3 is 16.4 Å². The van der Waals surface area contributed by atoms with Gasteiger partial charge >= 0.3 is 0 Å². The molecule has 0 aliphatic carbocycles. The monoisotopic (exact) mass is 426 g/mol. The second-order valence-corrected chi connectivity index (χ2v) is 6.24. The quantitative estimate of drug-likeness (QED) is 0.286. The standard InChI is InChI=1S/C16H34N4O.HI/c1-6-9-10-13(7-2)11-19-15(18-8-3)20-12-16(4,5)14(17)21;/h13H,6-12H2,1-5H3,(H2,17,21)(H2,18,19,20);1H. The van der Waals surface area contributed by atoms with Crippen LogP contribution in [-0.2, 0) is 4.79 Å². The molecule has 0 rings (SSSR count). The lowest BCUT2D eigenvalue weighted by atomic mass is 9.93. The zero-order valence-electron chi connectivity index (χ0n) is 14.9. The van der Waals surface area contributed by atoms with Crippen molar-refractivity contribution in [3.05, 3.63) is 0 Å². The third kappa shape index (κ3) is 10.2. The summed E-state index contributed by atoms with van der Waals surface area (Å²) >= 11 is 0. The highest BCUT2D eigenvalue weighted by molar-refractivity contribution is 14.0. The maximum absolute atomic E-state index is 11.3. The number of rotatable bonds is 10. The van der Waals surface area contributed by atoms with E-state index >= 15 is 0 Å². The molecular formula is C16H35IN4O. The summed E-state index contributed by atoms with van der Waals surface area (Å²) in [6, 6.07) is 0. The van der Waals surface area contributed by atoms with Crippen molar-refractivity contribution in [2.24, 2.45) is 22.1 Å². The van der Waals surface area contributed by atoms with Crippen LogP contribution in [0.5, 0.6) is 0 Å². The van der Waals surface area contributed by atoms with Crippen LogP contribution in [0.25, 0.3) is 0 Å². The van der Waals surface area contributed by atoms with E-state index in [1.165, 1.54) is 25.7 Å². The summed E-state index contributed by atoms with van der Waals surface area (Å²) in [5.74, 6) is 1.11. The maximum atomic E-state index is 11.3. The molecule has 1 amide bonds. The van der Waals surface area contributed by atoms with Crippen LogP contribution < -0.4 is 16.4 Å². The predicted molar refractivity (Wildman–Crippen MR) is 106 cm³/mol. The SMILES string of the molecule is CCCCC(CC)CNC(=NCC(C)(C)C(N)=O)NCC.I. The highest BCUT2D eigenvalue weighted by Gasteiger charge is 2.24. The molecule has 1 atom stereocenters. The Hall–Kier alpha value is -0.530. The van der Waals surface area contributed by atoms with Crippen molar-refractivity contribution >= 4 is 35.8 Å². The Balaban J connectivity index is 0. The van der Waals surface area contributed by atoms with E-state index in [1.807, 2.05) is 20.8 Å². The van der Waals surface area contributed by atoms with Gasteiger partial charge in [0.25, 0.3) is 0 Å². The Labute approximate surface area is 153 Å². The summed E-state index contributed by atoms with van der Waals surface area (Å²) in [7, 11) is 0. The van der Waals surface area contributed by atoms with Crippen LogP contribution in [0.2, 0.25) is 0 Å². The van der Waals surface area contributed by atoms with Crippen LogP contribution in [0.3, 0.4) is 0 Å². The van der Waals surface area contributed by atoms with Gasteiger partial charge in [0.05, 0.1) is 12.0 Å². The molecular weight excluding hydrogens is 391 g/mol. The molecule has 0 saturated carbocycles. The van der Waals surface area contributed by atoms with E-state index in [0.29, 0.717) is 12.5 Å². The molecule has 0 fully saturated rings. The average Bonchev–Trinajstić information content (AvgIpc) is 2.44. The van der Waals surface area contributed by atoms with E-state index in [9.17, 15) is 4.79 Å². The minimum absolute atomic E-state index is 0. The van der Waals surface area contributed by atoms with Crippen molar-refractivity contribution in [3.63, 3.8) is 0 Å². The van der Waals surface area contributed by atoms with Crippen molar-refractivity contribution in [2.75, 3.05) is 19.6 Å². The molecule has 4 N–H and O–H groups in total. The number of nitrogens with one attached hydrogen (secondary N) is 2. The van der Waals surface area contributed by atoms with E-state index in [1.54, 1.807) is 0 Å². The van der Waals surface area contributed by atoms with Gasteiger partial charge in [-0.25, -0.2) is 0 Å². The van der Waals surface area contributed by atoms with Crippen LogP contribution >= 0.6 is 24.0 Å². The Morgan fingerprint density at radius 2 is 1.86 bits per heavy atom. The topological polar surface area (TPSA) is 79.5 Å². The van der Waals surface area contributed by atoms with Crippen LogP contribution in [0.1, 0.15) is 60.3 Å². The summed E-state index contributed by atoms with van der Waals surface area (Å²) in [6.45, 7) is 12.2. The number of aliphatic imine (C=N–C) groups is 1. The van der Waals surface area contributed by atoms with Crippen LogP contribution in [-0.4, -0.2) is 31.5 Å². The van der Waals surface area contributed by atoms with Gasteiger partial charge in [0, 0.05) is 13.1 Å². The normalized spacial score (nSPS) is 13.2. The first-order chi connectivity index (χ1) is 9.87. The maximum Gasteiger partial charge on any atom is 0.224 e. The third-order valence-corrected chi connectivity index (χ3v) is 3.75. The van der Waals surface area contributed by atoms with Crippen LogP contribution in [0.4, 0.5) is 0 Å². The molecule has 132 valence electrons. The highest BCUT2D eigenvalue weighted by atomic mass is 127. The minimum atomic E-state index is -0.616. The third-order valence-electron chi connectivity index (χ3n) is 3.75. The second kappa shape index (κ2) is 13.0. The molecule has 0 aliphatic rings. The fraction of sp³-hybridized carbons (Fsp3) is 0.875. The van der Waals surface area contributed by atoms with Crippen molar-refractivity contribution in [2.45, 2.75) is 60.3 Å². The molecule has 22 heavy (non-hydrogen) atoms. The van der Waals surface area contributed by atoms with E-state index in [4.69, 9.17) is 5.73 Å².